The predicted octanol–water partition coefficient (Wildman–Crippen LogP) is 1.84. The van der Waals surface area contributed by atoms with E-state index < -0.39 is 0 Å². The summed E-state index contributed by atoms with van der Waals surface area (Å²) in [4.78, 5) is 22.8. The molecule has 0 saturated carbocycles. The third kappa shape index (κ3) is 8.72. The van der Waals surface area contributed by atoms with Crippen LogP contribution in [0, 0.1) is 5.92 Å². The number of carbonyl (C=O) groups excluding carboxylic acids is 2. The van der Waals surface area contributed by atoms with E-state index in [4.69, 9.17) is 0 Å². The minimum absolute atomic E-state index is 0.0155. The lowest BCUT2D eigenvalue weighted by Crippen LogP contribution is -2.35. The average molecular weight is 242 g/mol. The summed E-state index contributed by atoms with van der Waals surface area (Å²) in [5.74, 6) is 0.174. The van der Waals surface area contributed by atoms with Crippen LogP contribution < -0.4 is 10.6 Å². The average Bonchev–Trinajstić information content (AvgIpc) is 2.15. The van der Waals surface area contributed by atoms with Gasteiger partial charge in [0, 0.05) is 24.4 Å². The predicted molar refractivity (Wildman–Crippen MR) is 69.6 cm³/mol. The first-order valence-corrected chi connectivity index (χ1v) is 6.42. The second kappa shape index (κ2) is 8.09. The van der Waals surface area contributed by atoms with E-state index in [9.17, 15) is 9.59 Å². The van der Waals surface area contributed by atoms with E-state index >= 15 is 0 Å². The molecule has 0 aliphatic heterocycles. The van der Waals surface area contributed by atoms with Gasteiger partial charge >= 0.3 is 0 Å². The number of hydrogen-bond donors (Lipinski definition) is 2. The maximum atomic E-state index is 11.4. The number of nitrogens with one attached hydrogen (secondary N) is 2. The van der Waals surface area contributed by atoms with Crippen LogP contribution in [0.2, 0.25) is 0 Å². The van der Waals surface area contributed by atoms with Gasteiger partial charge in [0.25, 0.3) is 0 Å². The van der Waals surface area contributed by atoms with Gasteiger partial charge in [-0.3, -0.25) is 9.59 Å². The van der Waals surface area contributed by atoms with Crippen molar-refractivity contribution in [2.45, 2.75) is 66.0 Å². The Kier molecular flexibility index (Phi) is 7.59. The van der Waals surface area contributed by atoms with Crippen LogP contribution in [0.4, 0.5) is 0 Å². The molecular formula is C13H26N2O2. The van der Waals surface area contributed by atoms with Gasteiger partial charge in [0.15, 0.2) is 0 Å². The van der Waals surface area contributed by atoms with E-state index in [2.05, 4.69) is 10.6 Å². The highest BCUT2D eigenvalue weighted by Crippen LogP contribution is 2.02. The third-order valence-corrected chi connectivity index (χ3v) is 2.40. The Balaban J connectivity index is 3.67. The lowest BCUT2D eigenvalue weighted by molar-refractivity contribution is -0.124. The summed E-state index contributed by atoms with van der Waals surface area (Å²) in [6, 6.07) is 0.331. The second-order valence-corrected chi connectivity index (χ2v) is 5.18. The Hall–Kier alpha value is -1.06. The van der Waals surface area contributed by atoms with E-state index in [1.165, 1.54) is 0 Å². The molecule has 0 aliphatic carbocycles. The first-order chi connectivity index (χ1) is 7.82. The van der Waals surface area contributed by atoms with Crippen molar-refractivity contribution in [3.63, 3.8) is 0 Å². The molecule has 0 aromatic carbocycles. The molecule has 17 heavy (non-hydrogen) atoms. The van der Waals surface area contributed by atoms with Crippen LogP contribution in [-0.2, 0) is 9.59 Å². The van der Waals surface area contributed by atoms with E-state index in [0.29, 0.717) is 6.42 Å². The molecule has 100 valence electrons. The molecule has 1 atom stereocenters. The molecule has 2 amide bonds. The Morgan fingerprint density at radius 3 is 2.06 bits per heavy atom. The van der Waals surface area contributed by atoms with Crippen molar-refractivity contribution in [2.24, 2.45) is 5.92 Å². The molecule has 0 saturated heterocycles. The number of rotatable bonds is 7. The first-order valence-electron chi connectivity index (χ1n) is 6.42. The molecule has 2 N–H and O–H groups in total. The zero-order valence-electron chi connectivity index (χ0n) is 11.7. The van der Waals surface area contributed by atoms with Crippen molar-refractivity contribution in [3.8, 4) is 0 Å². The van der Waals surface area contributed by atoms with Crippen molar-refractivity contribution >= 4 is 11.8 Å². The zero-order valence-corrected chi connectivity index (χ0v) is 11.7. The van der Waals surface area contributed by atoms with Gasteiger partial charge < -0.3 is 10.6 Å². The second-order valence-electron chi connectivity index (χ2n) is 5.18. The molecule has 0 spiro atoms. The van der Waals surface area contributed by atoms with E-state index in [1.54, 1.807) is 0 Å². The highest BCUT2D eigenvalue weighted by Gasteiger charge is 2.11. The molecule has 1 unspecified atom stereocenters. The summed E-state index contributed by atoms with van der Waals surface area (Å²) in [6.45, 7) is 9.61. The van der Waals surface area contributed by atoms with Crippen LogP contribution in [0.3, 0.4) is 0 Å². The van der Waals surface area contributed by atoms with Crippen molar-refractivity contribution in [1.29, 1.82) is 0 Å². The summed E-state index contributed by atoms with van der Waals surface area (Å²) in [6.07, 6.45) is 2.17. The molecule has 4 nitrogen and oxygen atoms in total. The minimum Gasteiger partial charge on any atom is -0.354 e. The highest BCUT2D eigenvalue weighted by atomic mass is 16.2. The van der Waals surface area contributed by atoms with Gasteiger partial charge in [0.05, 0.1) is 0 Å². The fourth-order valence-electron chi connectivity index (χ4n) is 1.44. The number of hydrogen-bond acceptors (Lipinski definition) is 2. The molecule has 0 fully saturated rings. The monoisotopic (exact) mass is 242 g/mol. The molecule has 0 aliphatic rings. The van der Waals surface area contributed by atoms with Gasteiger partial charge in [-0.15, -0.1) is 0 Å². The van der Waals surface area contributed by atoms with Crippen LogP contribution in [-0.4, -0.2) is 23.9 Å². The zero-order chi connectivity index (χ0) is 13.4. The topological polar surface area (TPSA) is 58.2 Å². The number of amides is 2. The minimum atomic E-state index is 0.0155. The molecule has 4 heteroatoms. The van der Waals surface area contributed by atoms with E-state index in [1.807, 2.05) is 34.6 Å². The van der Waals surface area contributed by atoms with Gasteiger partial charge in [-0.05, 0) is 33.6 Å². The highest BCUT2D eigenvalue weighted by molar-refractivity contribution is 5.78. The summed E-state index contributed by atoms with van der Waals surface area (Å²) < 4.78 is 0. The maximum absolute atomic E-state index is 11.4. The summed E-state index contributed by atoms with van der Waals surface area (Å²) >= 11 is 0. The third-order valence-electron chi connectivity index (χ3n) is 2.40. The Morgan fingerprint density at radius 2 is 1.59 bits per heavy atom. The quantitative estimate of drug-likeness (QED) is 0.715. The standard InChI is InChI=1S/C13H26N2O2/c1-9(2)13(17)15-11(5)7-6-8-12(16)14-10(3)4/h9-11H,6-8H2,1-5H3,(H,14,16)(H,15,17). The lowest BCUT2D eigenvalue weighted by Gasteiger charge is -2.15. The molecule has 0 rings (SSSR count). The molecular weight excluding hydrogens is 216 g/mol. The first kappa shape index (κ1) is 15.9. The van der Waals surface area contributed by atoms with Gasteiger partial charge in [0.2, 0.25) is 11.8 Å². The van der Waals surface area contributed by atoms with E-state index in [0.717, 1.165) is 12.8 Å². The maximum Gasteiger partial charge on any atom is 0.222 e. The Morgan fingerprint density at radius 1 is 1.00 bits per heavy atom. The fourth-order valence-corrected chi connectivity index (χ4v) is 1.44. The SMILES string of the molecule is CC(C)NC(=O)CCCC(C)NC(=O)C(C)C. The summed E-state index contributed by atoms with van der Waals surface area (Å²) in [5, 5.41) is 5.77. The van der Waals surface area contributed by atoms with Gasteiger partial charge in [-0.1, -0.05) is 13.8 Å². The molecule has 0 aromatic heterocycles. The smallest absolute Gasteiger partial charge is 0.222 e. The summed E-state index contributed by atoms with van der Waals surface area (Å²) in [7, 11) is 0. The van der Waals surface area contributed by atoms with Crippen LogP contribution in [0.5, 0.6) is 0 Å². The van der Waals surface area contributed by atoms with Gasteiger partial charge in [-0.25, -0.2) is 0 Å². The van der Waals surface area contributed by atoms with Crippen molar-refractivity contribution < 1.29 is 9.59 Å². The number of carbonyl (C=O) groups is 2. The Labute approximate surface area is 105 Å². The van der Waals surface area contributed by atoms with Crippen LogP contribution >= 0.6 is 0 Å². The lowest BCUT2D eigenvalue weighted by atomic mass is 10.1. The fraction of sp³-hybridized carbons (Fsp3) is 0.846. The van der Waals surface area contributed by atoms with Crippen LogP contribution in [0.15, 0.2) is 0 Å². The van der Waals surface area contributed by atoms with Gasteiger partial charge in [-0.2, -0.15) is 0 Å². The van der Waals surface area contributed by atoms with Crippen molar-refractivity contribution in [2.75, 3.05) is 0 Å². The molecule has 0 heterocycles. The normalized spacial score (nSPS) is 12.6. The summed E-state index contributed by atoms with van der Waals surface area (Å²) in [5.41, 5.74) is 0. The van der Waals surface area contributed by atoms with Gasteiger partial charge in [0.1, 0.15) is 0 Å². The molecule has 0 bridgehead atoms. The molecule has 0 aromatic rings. The van der Waals surface area contributed by atoms with Crippen molar-refractivity contribution in [1.82, 2.24) is 10.6 Å². The Bertz CT molecular complexity index is 250. The van der Waals surface area contributed by atoms with E-state index in [-0.39, 0.29) is 29.8 Å². The largest absolute Gasteiger partial charge is 0.354 e. The van der Waals surface area contributed by atoms with Crippen LogP contribution in [0.25, 0.3) is 0 Å². The van der Waals surface area contributed by atoms with Crippen LogP contribution in [0.1, 0.15) is 53.9 Å². The molecule has 0 radical (unpaired) electrons. The van der Waals surface area contributed by atoms with Crippen molar-refractivity contribution in [3.05, 3.63) is 0 Å².